The van der Waals surface area contributed by atoms with Gasteiger partial charge in [-0.25, -0.2) is 13.6 Å². The summed E-state index contributed by atoms with van der Waals surface area (Å²) in [7, 11) is -3.45. The number of nitrogens with two attached hydrogens (primary N) is 1. The Balaban J connectivity index is 2.64. The zero-order valence-corrected chi connectivity index (χ0v) is 10.6. The van der Waals surface area contributed by atoms with Crippen molar-refractivity contribution in [1.29, 1.82) is 0 Å². The Morgan fingerprint density at radius 2 is 2.06 bits per heavy atom. The molecule has 96 valence electrons. The molecule has 6 heteroatoms. The molecule has 0 heterocycles. The van der Waals surface area contributed by atoms with Crippen LogP contribution < -0.4 is 10.5 Å². The van der Waals surface area contributed by atoms with Gasteiger partial charge in [-0.15, -0.1) is 0 Å². The lowest BCUT2D eigenvalue weighted by Crippen LogP contribution is -2.29. The molecular weight excluding hydrogens is 240 g/mol. The van der Waals surface area contributed by atoms with Gasteiger partial charge in [-0.1, -0.05) is 25.1 Å². The predicted molar refractivity (Wildman–Crippen MR) is 67.1 cm³/mol. The van der Waals surface area contributed by atoms with Crippen molar-refractivity contribution in [2.75, 3.05) is 12.3 Å². The SMILES string of the molecule is CCC(NCCS(N)(=O)=O)c1ccccc1O. The van der Waals surface area contributed by atoms with Crippen molar-refractivity contribution in [2.45, 2.75) is 19.4 Å². The van der Waals surface area contributed by atoms with Gasteiger partial charge in [0, 0.05) is 18.2 Å². The van der Waals surface area contributed by atoms with Crippen LogP contribution in [0.3, 0.4) is 0 Å². The van der Waals surface area contributed by atoms with Crippen LogP contribution >= 0.6 is 0 Å². The minimum atomic E-state index is -3.45. The second kappa shape index (κ2) is 6.00. The summed E-state index contributed by atoms with van der Waals surface area (Å²) in [4.78, 5) is 0. The minimum Gasteiger partial charge on any atom is -0.508 e. The number of phenols is 1. The van der Waals surface area contributed by atoms with Gasteiger partial charge >= 0.3 is 0 Å². The van der Waals surface area contributed by atoms with Gasteiger partial charge in [-0.3, -0.25) is 0 Å². The van der Waals surface area contributed by atoms with Crippen LogP contribution in [-0.2, 0) is 10.0 Å². The highest BCUT2D eigenvalue weighted by molar-refractivity contribution is 7.89. The number of hydrogen-bond acceptors (Lipinski definition) is 4. The third-order valence-corrected chi connectivity index (χ3v) is 3.27. The van der Waals surface area contributed by atoms with Crippen LogP contribution in [0.5, 0.6) is 5.75 Å². The van der Waals surface area contributed by atoms with Crippen LogP contribution in [0.1, 0.15) is 24.9 Å². The summed E-state index contributed by atoms with van der Waals surface area (Å²) in [6, 6.07) is 6.93. The fraction of sp³-hybridized carbons (Fsp3) is 0.455. The molecular formula is C11H18N2O3S. The Hall–Kier alpha value is -1.11. The molecule has 1 atom stereocenters. The maximum Gasteiger partial charge on any atom is 0.210 e. The molecule has 1 aromatic carbocycles. The Morgan fingerprint density at radius 1 is 1.41 bits per heavy atom. The third-order valence-electron chi connectivity index (χ3n) is 2.50. The average molecular weight is 258 g/mol. The van der Waals surface area contributed by atoms with Crippen LogP contribution in [0.2, 0.25) is 0 Å². The first-order chi connectivity index (χ1) is 7.94. The third kappa shape index (κ3) is 4.72. The summed E-state index contributed by atoms with van der Waals surface area (Å²) in [5.74, 6) is 0.0966. The minimum absolute atomic E-state index is 0.0713. The van der Waals surface area contributed by atoms with Gasteiger partial charge in [0.15, 0.2) is 0 Å². The molecule has 0 aliphatic heterocycles. The van der Waals surface area contributed by atoms with Crippen LogP contribution in [-0.4, -0.2) is 25.8 Å². The number of benzene rings is 1. The Labute approximate surface area is 102 Å². The molecule has 1 unspecified atom stereocenters. The van der Waals surface area contributed by atoms with Gasteiger partial charge < -0.3 is 10.4 Å². The summed E-state index contributed by atoms with van der Waals surface area (Å²) in [5, 5.41) is 17.7. The molecule has 0 spiro atoms. The van der Waals surface area contributed by atoms with Crippen molar-refractivity contribution in [3.05, 3.63) is 29.8 Å². The van der Waals surface area contributed by atoms with E-state index in [1.165, 1.54) is 0 Å². The van der Waals surface area contributed by atoms with Crippen LogP contribution in [0.4, 0.5) is 0 Å². The fourth-order valence-electron chi connectivity index (χ4n) is 1.63. The van der Waals surface area contributed by atoms with Gasteiger partial charge in [0.05, 0.1) is 5.75 Å². The summed E-state index contributed by atoms with van der Waals surface area (Å²) in [6.07, 6.45) is 0.752. The summed E-state index contributed by atoms with van der Waals surface area (Å²) in [6.45, 7) is 2.23. The highest BCUT2D eigenvalue weighted by Crippen LogP contribution is 2.25. The quantitative estimate of drug-likeness (QED) is 0.701. The molecule has 1 rings (SSSR count). The van der Waals surface area contributed by atoms with E-state index in [9.17, 15) is 13.5 Å². The van der Waals surface area contributed by atoms with E-state index in [4.69, 9.17) is 5.14 Å². The number of phenolic OH excluding ortho intramolecular Hbond substituents is 1. The van der Waals surface area contributed by atoms with E-state index >= 15 is 0 Å². The number of nitrogens with one attached hydrogen (secondary N) is 1. The van der Waals surface area contributed by atoms with Crippen LogP contribution in [0.25, 0.3) is 0 Å². The summed E-state index contributed by atoms with van der Waals surface area (Å²) < 4.78 is 21.6. The highest BCUT2D eigenvalue weighted by atomic mass is 32.2. The monoisotopic (exact) mass is 258 g/mol. The Kier molecular flexibility index (Phi) is 4.92. The molecule has 0 bridgehead atoms. The lowest BCUT2D eigenvalue weighted by Gasteiger charge is -2.18. The average Bonchev–Trinajstić information content (AvgIpc) is 2.24. The van der Waals surface area contributed by atoms with Gasteiger partial charge in [-0.2, -0.15) is 0 Å². The van der Waals surface area contributed by atoms with Crippen molar-refractivity contribution in [3.63, 3.8) is 0 Å². The smallest absolute Gasteiger partial charge is 0.210 e. The number of aromatic hydroxyl groups is 1. The van der Waals surface area contributed by atoms with Crippen molar-refractivity contribution < 1.29 is 13.5 Å². The topological polar surface area (TPSA) is 92.4 Å². The van der Waals surface area contributed by atoms with Gasteiger partial charge in [0.2, 0.25) is 10.0 Å². The maximum atomic E-state index is 10.8. The number of primary sulfonamides is 1. The van der Waals surface area contributed by atoms with E-state index in [0.717, 1.165) is 12.0 Å². The zero-order valence-electron chi connectivity index (χ0n) is 9.76. The van der Waals surface area contributed by atoms with Crippen LogP contribution in [0, 0.1) is 0 Å². The van der Waals surface area contributed by atoms with Crippen molar-refractivity contribution >= 4 is 10.0 Å². The fourth-order valence-corrected chi connectivity index (χ4v) is 2.03. The molecule has 17 heavy (non-hydrogen) atoms. The van der Waals surface area contributed by atoms with E-state index in [0.29, 0.717) is 0 Å². The normalized spacial score (nSPS) is 13.5. The second-order valence-corrected chi connectivity index (χ2v) is 5.57. The standard InChI is InChI=1S/C11H18N2O3S/c1-2-10(13-7-8-17(12,15)16)9-5-3-4-6-11(9)14/h3-6,10,13-14H,2,7-8H2,1H3,(H2,12,15,16). The first-order valence-corrected chi connectivity index (χ1v) is 7.17. The second-order valence-electron chi connectivity index (χ2n) is 3.84. The Morgan fingerprint density at radius 3 is 2.59 bits per heavy atom. The van der Waals surface area contributed by atoms with Crippen molar-refractivity contribution in [3.8, 4) is 5.75 Å². The van der Waals surface area contributed by atoms with E-state index < -0.39 is 10.0 Å². The van der Waals surface area contributed by atoms with Gasteiger partial charge in [-0.05, 0) is 12.5 Å². The molecule has 1 aromatic rings. The number of rotatable bonds is 6. The molecule has 0 saturated heterocycles. The van der Waals surface area contributed by atoms with E-state index in [-0.39, 0.29) is 24.1 Å². The molecule has 0 saturated carbocycles. The van der Waals surface area contributed by atoms with Gasteiger partial charge in [0.25, 0.3) is 0 Å². The van der Waals surface area contributed by atoms with Crippen LogP contribution in [0.15, 0.2) is 24.3 Å². The largest absolute Gasteiger partial charge is 0.508 e. The molecule has 0 fully saturated rings. The molecule has 0 aromatic heterocycles. The first kappa shape index (κ1) is 14.0. The summed E-state index contributed by atoms with van der Waals surface area (Å²) >= 11 is 0. The maximum absolute atomic E-state index is 10.8. The number of hydrogen-bond donors (Lipinski definition) is 3. The molecule has 5 nitrogen and oxygen atoms in total. The lowest BCUT2D eigenvalue weighted by atomic mass is 10.0. The van der Waals surface area contributed by atoms with Crippen molar-refractivity contribution in [2.24, 2.45) is 5.14 Å². The molecule has 0 radical (unpaired) electrons. The highest BCUT2D eigenvalue weighted by Gasteiger charge is 2.13. The molecule has 0 amide bonds. The molecule has 0 aliphatic rings. The predicted octanol–water partition coefficient (Wildman–Crippen LogP) is 0.721. The van der Waals surface area contributed by atoms with Gasteiger partial charge in [0.1, 0.15) is 5.75 Å². The van der Waals surface area contributed by atoms with E-state index in [2.05, 4.69) is 5.32 Å². The summed E-state index contributed by atoms with van der Waals surface area (Å²) in [5.41, 5.74) is 0.768. The molecule has 0 aliphatic carbocycles. The van der Waals surface area contributed by atoms with E-state index in [1.54, 1.807) is 12.1 Å². The number of sulfonamides is 1. The lowest BCUT2D eigenvalue weighted by molar-refractivity contribution is 0.444. The molecule has 4 N–H and O–H groups in total. The van der Waals surface area contributed by atoms with E-state index in [1.807, 2.05) is 19.1 Å². The first-order valence-electron chi connectivity index (χ1n) is 5.45. The number of para-hydroxylation sites is 1. The van der Waals surface area contributed by atoms with Crippen molar-refractivity contribution in [1.82, 2.24) is 5.32 Å². The Bertz CT molecular complexity index is 460. The zero-order chi connectivity index (χ0) is 12.9.